The van der Waals surface area contributed by atoms with Gasteiger partial charge in [-0.05, 0) is 24.8 Å². The molecule has 15 heteroatoms. The second-order valence-electron chi connectivity index (χ2n) is 9.87. The number of carbonyl (C=O) groups is 2. The second-order valence-corrected chi connectivity index (χ2v) is 9.87. The summed E-state index contributed by atoms with van der Waals surface area (Å²) >= 11 is 0. The zero-order valence-electron chi connectivity index (χ0n) is 21.3. The molecule has 2 amide bonds. The number of H-pyrrole nitrogens is 1. The van der Waals surface area contributed by atoms with Gasteiger partial charge in [-0.1, -0.05) is 19.3 Å². The summed E-state index contributed by atoms with van der Waals surface area (Å²) in [5, 5.41) is 34.4. The smallest absolute Gasteiger partial charge is 0.330 e. The minimum absolute atomic E-state index is 0.315. The molecule has 216 valence electrons. The summed E-state index contributed by atoms with van der Waals surface area (Å²) in [6, 6.07) is 1.04. The number of primary amides is 1. The van der Waals surface area contributed by atoms with Gasteiger partial charge in [-0.15, -0.1) is 0 Å². The van der Waals surface area contributed by atoms with Crippen LogP contribution in [0.2, 0.25) is 0 Å². The minimum atomic E-state index is -1.73. The number of amides is 2. The minimum Gasteiger partial charge on any atom is -0.456 e. The van der Waals surface area contributed by atoms with E-state index in [9.17, 15) is 34.5 Å². The first kappa shape index (κ1) is 28.9. The molecule has 15 nitrogen and oxygen atoms in total. The molecule has 1 aromatic heterocycles. The van der Waals surface area contributed by atoms with Crippen molar-refractivity contribution in [1.82, 2.24) is 14.9 Å². The molecule has 1 aliphatic carbocycles. The van der Waals surface area contributed by atoms with Crippen LogP contribution in [0.25, 0.3) is 0 Å². The van der Waals surface area contributed by atoms with Crippen molar-refractivity contribution in [2.75, 3.05) is 13.7 Å². The molecular formula is C24H34N4O11. The predicted octanol–water partition coefficient (Wildman–Crippen LogP) is -2.66. The van der Waals surface area contributed by atoms with Crippen LogP contribution in [-0.2, 0) is 28.5 Å². The van der Waals surface area contributed by atoms with Crippen LogP contribution in [0.1, 0.15) is 38.3 Å². The number of ether oxygens (including phenoxy) is 4. The van der Waals surface area contributed by atoms with E-state index in [1.165, 1.54) is 7.11 Å². The van der Waals surface area contributed by atoms with Crippen molar-refractivity contribution in [2.24, 2.45) is 11.7 Å². The van der Waals surface area contributed by atoms with Crippen molar-refractivity contribution in [3.05, 3.63) is 44.9 Å². The topological polar surface area (TPSA) is 225 Å². The van der Waals surface area contributed by atoms with E-state index in [0.29, 0.717) is 12.5 Å². The Labute approximate surface area is 222 Å². The average Bonchev–Trinajstić information content (AvgIpc) is 3.23. The van der Waals surface area contributed by atoms with Gasteiger partial charge in [-0.3, -0.25) is 23.9 Å². The SMILES string of the molecule is CO[C@H]1[C@@H](O)[C@H](n2ccc(=O)[nH]c2=O)O[C@@H]1[C@@H](O[C@H]1OC(C(=O)NCC2CCCCC2)=C[C@H](O)[C@@H]1O)C(N)=O. The zero-order valence-corrected chi connectivity index (χ0v) is 21.3. The van der Waals surface area contributed by atoms with Crippen LogP contribution in [0.3, 0.4) is 0 Å². The number of nitrogens with one attached hydrogen (secondary N) is 2. The van der Waals surface area contributed by atoms with Crippen molar-refractivity contribution in [3.8, 4) is 0 Å². The summed E-state index contributed by atoms with van der Waals surface area (Å²) in [6.07, 6.45) is -4.89. The molecule has 8 atom stereocenters. The molecular weight excluding hydrogens is 520 g/mol. The highest BCUT2D eigenvalue weighted by Crippen LogP contribution is 2.34. The van der Waals surface area contributed by atoms with Crippen molar-refractivity contribution >= 4 is 11.8 Å². The number of aromatic amines is 1. The monoisotopic (exact) mass is 554 g/mol. The Kier molecular flexibility index (Phi) is 9.19. The fourth-order valence-electron chi connectivity index (χ4n) is 5.10. The Morgan fingerprint density at radius 2 is 1.92 bits per heavy atom. The number of aliphatic hydroxyl groups excluding tert-OH is 3. The van der Waals surface area contributed by atoms with Crippen LogP contribution in [0, 0.1) is 5.92 Å². The van der Waals surface area contributed by atoms with Gasteiger partial charge in [0.25, 0.3) is 11.5 Å². The molecule has 1 saturated heterocycles. The van der Waals surface area contributed by atoms with E-state index in [4.69, 9.17) is 24.7 Å². The van der Waals surface area contributed by atoms with Crippen LogP contribution in [0.15, 0.2) is 33.7 Å². The molecule has 4 rings (SSSR count). The first-order valence-electron chi connectivity index (χ1n) is 12.8. The maximum absolute atomic E-state index is 12.7. The van der Waals surface area contributed by atoms with Crippen molar-refractivity contribution in [2.45, 2.75) is 81.2 Å². The van der Waals surface area contributed by atoms with Gasteiger partial charge in [0.05, 0.1) is 0 Å². The van der Waals surface area contributed by atoms with Crippen LogP contribution >= 0.6 is 0 Å². The molecule has 0 bridgehead atoms. The highest BCUT2D eigenvalue weighted by Gasteiger charge is 2.52. The third-order valence-electron chi connectivity index (χ3n) is 7.20. The zero-order chi connectivity index (χ0) is 28.3. The number of hydrogen-bond donors (Lipinski definition) is 6. The number of nitrogens with zero attached hydrogens (tertiary/aromatic N) is 1. The summed E-state index contributed by atoms with van der Waals surface area (Å²) in [5.74, 6) is -1.72. The first-order valence-corrected chi connectivity index (χ1v) is 12.8. The second kappa shape index (κ2) is 12.4. The lowest BCUT2D eigenvalue weighted by molar-refractivity contribution is -0.241. The fraction of sp³-hybridized carbons (Fsp3) is 0.667. The lowest BCUT2D eigenvalue weighted by atomic mass is 9.89. The van der Waals surface area contributed by atoms with Gasteiger partial charge in [0.1, 0.15) is 30.5 Å². The molecule has 2 fully saturated rings. The molecule has 0 radical (unpaired) electrons. The van der Waals surface area contributed by atoms with Crippen LogP contribution in [0.5, 0.6) is 0 Å². The number of aromatic nitrogens is 2. The normalized spacial score (nSPS) is 32.2. The Bertz CT molecular complexity index is 1180. The van der Waals surface area contributed by atoms with Crippen molar-refractivity contribution < 1.29 is 43.9 Å². The number of hydrogen-bond acceptors (Lipinski definition) is 11. The molecule has 0 spiro atoms. The third-order valence-corrected chi connectivity index (χ3v) is 7.20. The van der Waals surface area contributed by atoms with E-state index in [-0.39, 0.29) is 5.76 Å². The Morgan fingerprint density at radius 1 is 1.21 bits per heavy atom. The summed E-state index contributed by atoms with van der Waals surface area (Å²) in [4.78, 5) is 50.9. The average molecular weight is 555 g/mol. The van der Waals surface area contributed by atoms with E-state index in [1.807, 2.05) is 4.98 Å². The van der Waals surface area contributed by atoms with E-state index < -0.39 is 72.2 Å². The maximum atomic E-state index is 12.7. The quantitative estimate of drug-likeness (QED) is 0.185. The Balaban J connectivity index is 1.49. The van der Waals surface area contributed by atoms with E-state index in [1.54, 1.807) is 0 Å². The first-order chi connectivity index (χ1) is 18.6. The van der Waals surface area contributed by atoms with Gasteiger partial charge < -0.3 is 45.3 Å². The lowest BCUT2D eigenvalue weighted by Gasteiger charge is -2.35. The maximum Gasteiger partial charge on any atom is 0.330 e. The summed E-state index contributed by atoms with van der Waals surface area (Å²) in [7, 11) is 1.22. The molecule has 2 aliphatic heterocycles. The van der Waals surface area contributed by atoms with Gasteiger partial charge in [-0.25, -0.2) is 4.79 Å². The van der Waals surface area contributed by atoms with E-state index >= 15 is 0 Å². The standard InChI is InChI=1S/C24H34N4O11/c1-36-17-16(32)22(28-8-7-14(30)27-24(28)35)38-18(17)19(20(25)33)39-23-15(31)12(29)9-13(37-23)21(34)26-10-11-5-3-2-4-6-11/h7-9,11-12,15-19,22-23,29,31-32H,2-6,10H2,1H3,(H2,25,33)(H,26,34)(H,27,30,35)/t12-,15-,16+,17-,18-,19+,22+,23+/m0/s1. The Hall–Kier alpha value is -3.08. The van der Waals surface area contributed by atoms with Crippen molar-refractivity contribution in [1.29, 1.82) is 0 Å². The van der Waals surface area contributed by atoms with E-state index in [0.717, 1.165) is 55.0 Å². The molecule has 1 saturated carbocycles. The molecule has 3 heterocycles. The number of methoxy groups -OCH3 is 1. The number of rotatable bonds is 9. The molecule has 7 N–H and O–H groups in total. The summed E-state index contributed by atoms with van der Waals surface area (Å²) < 4.78 is 23.0. The van der Waals surface area contributed by atoms with Crippen molar-refractivity contribution in [3.63, 3.8) is 0 Å². The van der Waals surface area contributed by atoms with Gasteiger partial charge >= 0.3 is 5.69 Å². The predicted molar refractivity (Wildman–Crippen MR) is 131 cm³/mol. The molecule has 0 unspecified atom stereocenters. The summed E-state index contributed by atoms with van der Waals surface area (Å²) in [6.45, 7) is 0.419. The lowest BCUT2D eigenvalue weighted by Crippen LogP contribution is -2.54. The van der Waals surface area contributed by atoms with Gasteiger partial charge in [0, 0.05) is 25.9 Å². The van der Waals surface area contributed by atoms with Gasteiger partial charge in [0.15, 0.2) is 18.1 Å². The van der Waals surface area contributed by atoms with Crippen LogP contribution in [-0.4, -0.2) is 93.3 Å². The highest BCUT2D eigenvalue weighted by atomic mass is 16.7. The molecule has 3 aliphatic rings. The Morgan fingerprint density at radius 3 is 2.56 bits per heavy atom. The fourth-order valence-corrected chi connectivity index (χ4v) is 5.10. The highest BCUT2D eigenvalue weighted by molar-refractivity contribution is 5.91. The molecule has 39 heavy (non-hydrogen) atoms. The van der Waals surface area contributed by atoms with Gasteiger partial charge in [0.2, 0.25) is 12.2 Å². The largest absolute Gasteiger partial charge is 0.456 e. The number of aliphatic hydroxyl groups is 3. The van der Waals surface area contributed by atoms with Crippen LogP contribution in [0.4, 0.5) is 0 Å². The van der Waals surface area contributed by atoms with Gasteiger partial charge in [-0.2, -0.15) is 0 Å². The van der Waals surface area contributed by atoms with Crippen LogP contribution < -0.4 is 22.3 Å². The third kappa shape index (κ3) is 6.40. The molecule has 1 aromatic rings. The molecule has 0 aromatic carbocycles. The van der Waals surface area contributed by atoms with E-state index in [2.05, 4.69) is 5.32 Å². The number of nitrogens with two attached hydrogens (primary N) is 1. The number of carbonyl (C=O) groups excluding carboxylic acids is 2. The summed E-state index contributed by atoms with van der Waals surface area (Å²) in [5.41, 5.74) is 3.99.